The number of ether oxygens (including phenoxy) is 3. The molecule has 0 bridgehead atoms. The van der Waals surface area contributed by atoms with Crippen molar-refractivity contribution in [2.24, 2.45) is 0 Å². The Bertz CT molecular complexity index is 924. The quantitative estimate of drug-likeness (QED) is 0.537. The molecule has 0 spiro atoms. The van der Waals surface area contributed by atoms with Crippen molar-refractivity contribution in [3.05, 3.63) is 58.1 Å². The zero-order valence-electron chi connectivity index (χ0n) is 17.9. The summed E-state index contributed by atoms with van der Waals surface area (Å²) in [6.07, 6.45) is 0.325. The van der Waals surface area contributed by atoms with E-state index in [9.17, 15) is 9.59 Å². The average molecular weight is 491 g/mol. The van der Waals surface area contributed by atoms with Crippen LogP contribution >= 0.6 is 15.9 Å². The molecule has 0 aromatic heterocycles. The number of rotatable bonds is 7. The van der Waals surface area contributed by atoms with E-state index < -0.39 is 17.7 Å². The maximum atomic E-state index is 13.0. The minimum Gasteiger partial charge on any atom is -0.490 e. The monoisotopic (exact) mass is 490 g/mol. The van der Waals surface area contributed by atoms with Gasteiger partial charge in [-0.05, 0) is 67.4 Å². The molecule has 31 heavy (non-hydrogen) atoms. The van der Waals surface area contributed by atoms with Gasteiger partial charge in [0.15, 0.2) is 0 Å². The minimum atomic E-state index is -0.711. The van der Waals surface area contributed by atoms with Crippen LogP contribution in [0.1, 0.15) is 43.1 Å². The molecule has 0 unspecified atom stereocenters. The highest BCUT2D eigenvalue weighted by Crippen LogP contribution is 2.36. The molecule has 8 heteroatoms. The highest BCUT2D eigenvalue weighted by molar-refractivity contribution is 9.10. The van der Waals surface area contributed by atoms with Gasteiger partial charge in [0.25, 0.3) is 0 Å². The Morgan fingerprint density at radius 2 is 1.87 bits per heavy atom. The van der Waals surface area contributed by atoms with E-state index in [0.717, 1.165) is 18.5 Å². The Labute approximate surface area is 190 Å². The molecule has 166 valence electrons. The van der Waals surface area contributed by atoms with Crippen LogP contribution < -0.4 is 15.4 Å². The fourth-order valence-electron chi connectivity index (χ4n) is 2.88. The number of carbonyl (C=O) groups excluding carboxylic acids is 2. The summed E-state index contributed by atoms with van der Waals surface area (Å²) in [7, 11) is 0. The fraction of sp³-hybridized carbons (Fsp3) is 0.391. The van der Waals surface area contributed by atoms with E-state index in [1.165, 1.54) is 0 Å². The van der Waals surface area contributed by atoms with Gasteiger partial charge in [-0.3, -0.25) is 5.32 Å². The molecule has 0 saturated carbocycles. The summed E-state index contributed by atoms with van der Waals surface area (Å²) in [6, 6.07) is 12.9. The topological polar surface area (TPSA) is 85.9 Å². The third-order valence-electron chi connectivity index (χ3n) is 4.52. The third kappa shape index (κ3) is 6.70. The number of anilines is 1. The maximum Gasteiger partial charge on any atom is 0.411 e. The van der Waals surface area contributed by atoms with Crippen LogP contribution in [0.3, 0.4) is 0 Å². The van der Waals surface area contributed by atoms with Gasteiger partial charge < -0.3 is 19.5 Å². The lowest BCUT2D eigenvalue weighted by atomic mass is 10.1. The molecule has 1 fully saturated rings. The van der Waals surface area contributed by atoms with Crippen molar-refractivity contribution in [1.29, 1.82) is 0 Å². The number of nitrogens with one attached hydrogen (secondary N) is 2. The molecule has 1 heterocycles. The van der Waals surface area contributed by atoms with E-state index in [2.05, 4.69) is 26.6 Å². The number of amides is 1. The van der Waals surface area contributed by atoms with Gasteiger partial charge in [-0.25, -0.2) is 9.59 Å². The van der Waals surface area contributed by atoms with Gasteiger partial charge in [-0.1, -0.05) is 30.3 Å². The molecule has 7 nitrogen and oxygen atoms in total. The zero-order chi connectivity index (χ0) is 22.4. The van der Waals surface area contributed by atoms with Crippen LogP contribution in [0.15, 0.2) is 46.9 Å². The summed E-state index contributed by atoms with van der Waals surface area (Å²) >= 11 is 3.45. The van der Waals surface area contributed by atoms with Crippen LogP contribution in [0.5, 0.6) is 5.75 Å². The number of hydrogen-bond donors (Lipinski definition) is 2. The van der Waals surface area contributed by atoms with E-state index in [1.54, 1.807) is 32.9 Å². The Balaban J connectivity index is 1.81. The van der Waals surface area contributed by atoms with E-state index in [4.69, 9.17) is 14.2 Å². The normalized spacial score (nSPS) is 15.5. The van der Waals surface area contributed by atoms with E-state index >= 15 is 0 Å². The summed E-state index contributed by atoms with van der Waals surface area (Å²) in [5.41, 5.74) is 0.544. The van der Waals surface area contributed by atoms with Crippen molar-refractivity contribution in [2.75, 3.05) is 18.5 Å². The van der Waals surface area contributed by atoms with Gasteiger partial charge in [0.1, 0.15) is 30.1 Å². The van der Waals surface area contributed by atoms with Gasteiger partial charge in [-0.15, -0.1) is 0 Å². The van der Waals surface area contributed by atoms with Crippen molar-refractivity contribution >= 4 is 33.7 Å². The van der Waals surface area contributed by atoms with Crippen molar-refractivity contribution in [2.45, 2.75) is 45.4 Å². The van der Waals surface area contributed by atoms with Crippen molar-refractivity contribution in [3.8, 4) is 5.75 Å². The van der Waals surface area contributed by atoms with Gasteiger partial charge in [0.2, 0.25) is 0 Å². The van der Waals surface area contributed by atoms with E-state index in [1.807, 2.05) is 30.3 Å². The van der Waals surface area contributed by atoms with Gasteiger partial charge in [0, 0.05) is 6.04 Å². The third-order valence-corrected chi connectivity index (χ3v) is 5.14. The molecule has 1 atom stereocenters. The maximum absolute atomic E-state index is 13.0. The molecule has 2 aromatic carbocycles. The predicted octanol–water partition coefficient (Wildman–Crippen LogP) is 4.89. The highest BCUT2D eigenvalue weighted by Gasteiger charge is 2.28. The molecule has 0 aliphatic carbocycles. The molecular formula is C23H27BrN2O5. The standard InChI is InChI=1S/C23H27BrN2O5/c1-23(2,3)31-21(27)19-18(26-22(28)30-13-15-7-5-4-6-8-15)10-9-17(24)20(19)29-14-16-11-12-25-16/h4-10,16,25H,11-14H2,1-3H3,(H,26,28)/t16-/m1/s1. The van der Waals surface area contributed by atoms with Crippen LogP contribution in [0.25, 0.3) is 0 Å². The lowest BCUT2D eigenvalue weighted by Crippen LogP contribution is -2.46. The van der Waals surface area contributed by atoms with Crippen LogP contribution in [0.4, 0.5) is 10.5 Å². The first-order valence-electron chi connectivity index (χ1n) is 10.1. The lowest BCUT2D eigenvalue weighted by Gasteiger charge is -2.28. The van der Waals surface area contributed by atoms with Crippen molar-refractivity contribution < 1.29 is 23.8 Å². The minimum absolute atomic E-state index is 0.113. The molecule has 1 saturated heterocycles. The number of esters is 1. The highest BCUT2D eigenvalue weighted by atomic mass is 79.9. The molecule has 1 aliphatic heterocycles. The summed E-state index contributed by atoms with van der Waals surface area (Å²) in [6.45, 7) is 6.80. The summed E-state index contributed by atoms with van der Waals surface area (Å²) < 4.78 is 17.4. The summed E-state index contributed by atoms with van der Waals surface area (Å²) in [5, 5.41) is 5.91. The smallest absolute Gasteiger partial charge is 0.411 e. The van der Waals surface area contributed by atoms with Crippen molar-refractivity contribution in [1.82, 2.24) is 5.32 Å². The molecule has 0 radical (unpaired) electrons. The second-order valence-corrected chi connectivity index (χ2v) is 9.09. The number of hydrogen-bond acceptors (Lipinski definition) is 6. The first-order chi connectivity index (χ1) is 14.7. The Kier molecular flexibility index (Phi) is 7.56. The Morgan fingerprint density at radius 1 is 1.16 bits per heavy atom. The van der Waals surface area contributed by atoms with Crippen LogP contribution in [-0.2, 0) is 16.1 Å². The Morgan fingerprint density at radius 3 is 2.48 bits per heavy atom. The second kappa shape index (κ2) is 10.2. The molecule has 2 N–H and O–H groups in total. The Hall–Kier alpha value is -2.58. The number of carbonyl (C=O) groups is 2. The molecule has 2 aromatic rings. The number of benzene rings is 2. The lowest BCUT2D eigenvalue weighted by molar-refractivity contribution is 0.00663. The van der Waals surface area contributed by atoms with Gasteiger partial charge >= 0.3 is 12.1 Å². The first-order valence-corrected chi connectivity index (χ1v) is 10.9. The SMILES string of the molecule is CC(C)(C)OC(=O)c1c(NC(=O)OCc2ccccc2)ccc(Br)c1OC[C@H]1CCN1. The molecule has 1 aliphatic rings. The van der Waals surface area contributed by atoms with Crippen molar-refractivity contribution in [3.63, 3.8) is 0 Å². The fourth-order valence-corrected chi connectivity index (χ4v) is 3.32. The van der Waals surface area contributed by atoms with E-state index in [-0.39, 0.29) is 23.9 Å². The summed E-state index contributed by atoms with van der Waals surface area (Å²) in [4.78, 5) is 25.4. The van der Waals surface area contributed by atoms with Gasteiger partial charge in [-0.2, -0.15) is 0 Å². The largest absolute Gasteiger partial charge is 0.490 e. The average Bonchev–Trinajstić information content (AvgIpc) is 2.66. The van der Waals surface area contributed by atoms with Crippen LogP contribution in [0.2, 0.25) is 0 Å². The molecular weight excluding hydrogens is 464 g/mol. The van der Waals surface area contributed by atoms with Crippen LogP contribution in [-0.4, -0.2) is 36.9 Å². The second-order valence-electron chi connectivity index (χ2n) is 8.24. The first kappa shape index (κ1) is 23.1. The zero-order valence-corrected chi connectivity index (χ0v) is 19.5. The molecule has 1 amide bonds. The predicted molar refractivity (Wildman–Crippen MR) is 121 cm³/mol. The molecule has 3 rings (SSSR count). The van der Waals surface area contributed by atoms with E-state index in [0.29, 0.717) is 16.8 Å². The van der Waals surface area contributed by atoms with Crippen LogP contribution in [0, 0.1) is 0 Å². The number of halogens is 1. The summed E-state index contributed by atoms with van der Waals surface area (Å²) in [5.74, 6) is -0.271. The van der Waals surface area contributed by atoms with Gasteiger partial charge in [0.05, 0.1) is 10.2 Å².